The van der Waals surface area contributed by atoms with Crippen molar-refractivity contribution in [3.05, 3.63) is 35.9 Å². The summed E-state index contributed by atoms with van der Waals surface area (Å²) in [7, 11) is 1.62. The van der Waals surface area contributed by atoms with Gasteiger partial charge in [0.2, 0.25) is 5.91 Å². The van der Waals surface area contributed by atoms with Gasteiger partial charge in [0.15, 0.2) is 11.6 Å². The molecule has 3 rings (SSSR count). The van der Waals surface area contributed by atoms with Crippen LogP contribution in [0, 0.1) is 6.92 Å². The van der Waals surface area contributed by atoms with Gasteiger partial charge in [-0.3, -0.25) is 4.79 Å². The highest BCUT2D eigenvalue weighted by Gasteiger charge is 2.19. The smallest absolute Gasteiger partial charge is 0.225 e. The second kappa shape index (κ2) is 6.17. The Bertz CT molecular complexity index is 851. The molecule has 0 unspecified atom stereocenters. The predicted octanol–water partition coefficient (Wildman–Crippen LogP) is 0.575. The second-order valence-electron chi connectivity index (χ2n) is 5.19. The minimum atomic E-state index is -0.466. The van der Waals surface area contributed by atoms with Crippen molar-refractivity contribution in [2.45, 2.75) is 19.9 Å². The van der Waals surface area contributed by atoms with Gasteiger partial charge in [-0.15, -0.1) is 0 Å². The Morgan fingerprint density at radius 2 is 2.17 bits per heavy atom. The van der Waals surface area contributed by atoms with Crippen LogP contribution in [0.2, 0.25) is 0 Å². The number of methoxy groups -OCH3 is 1. The summed E-state index contributed by atoms with van der Waals surface area (Å²) in [5.41, 5.74) is 7.76. The number of pyridine rings is 1. The topological polar surface area (TPSA) is 100 Å². The van der Waals surface area contributed by atoms with Gasteiger partial charge in [-0.1, -0.05) is 6.07 Å². The number of imidazole rings is 1. The van der Waals surface area contributed by atoms with Gasteiger partial charge in [-0.05, 0) is 19.1 Å². The summed E-state index contributed by atoms with van der Waals surface area (Å²) in [4.78, 5) is 20.2. The number of nitrogens with zero attached hydrogens (tertiary/aromatic N) is 5. The summed E-state index contributed by atoms with van der Waals surface area (Å²) < 4.78 is 8.80. The first-order chi connectivity index (χ1) is 11.1. The van der Waals surface area contributed by atoms with Crippen LogP contribution in [0.3, 0.4) is 0 Å². The van der Waals surface area contributed by atoms with Gasteiger partial charge in [0.1, 0.15) is 11.3 Å². The summed E-state index contributed by atoms with van der Waals surface area (Å²) in [5, 5.41) is 4.35. The molecule has 0 aliphatic heterocycles. The number of nitrogens with two attached hydrogens (primary N) is 1. The van der Waals surface area contributed by atoms with E-state index in [0.29, 0.717) is 24.8 Å². The zero-order valence-electron chi connectivity index (χ0n) is 13.1. The average molecular weight is 314 g/mol. The van der Waals surface area contributed by atoms with E-state index in [0.717, 1.165) is 17.0 Å². The van der Waals surface area contributed by atoms with Crippen LogP contribution in [-0.4, -0.2) is 43.8 Å². The van der Waals surface area contributed by atoms with Crippen molar-refractivity contribution in [1.29, 1.82) is 0 Å². The van der Waals surface area contributed by atoms with Crippen LogP contribution in [0.1, 0.15) is 11.5 Å². The zero-order chi connectivity index (χ0) is 16.4. The first kappa shape index (κ1) is 15.2. The average Bonchev–Trinajstić information content (AvgIpc) is 3.06. The van der Waals surface area contributed by atoms with Crippen molar-refractivity contribution >= 4 is 11.6 Å². The molecule has 0 saturated heterocycles. The van der Waals surface area contributed by atoms with Gasteiger partial charge in [0, 0.05) is 13.3 Å². The number of aryl methyl sites for hydroxylation is 1. The molecule has 0 spiro atoms. The minimum absolute atomic E-state index is 0.000594. The number of amides is 1. The van der Waals surface area contributed by atoms with Gasteiger partial charge in [-0.2, -0.15) is 5.10 Å². The molecule has 0 bridgehead atoms. The standard InChI is InChI=1S/C15H18N6O2/c1-10-14(18-13-5-3-4-6-20(10)13)15-17-12(9-11(16)22)19-21(15)7-8-23-2/h3-6H,7-9H2,1-2H3,(H2,16,22). The molecule has 1 amide bonds. The molecule has 3 heterocycles. The van der Waals surface area contributed by atoms with Crippen molar-refractivity contribution in [2.75, 3.05) is 13.7 Å². The van der Waals surface area contributed by atoms with E-state index in [9.17, 15) is 4.79 Å². The number of ether oxygens (including phenoxy) is 1. The van der Waals surface area contributed by atoms with E-state index in [1.165, 1.54) is 0 Å². The molecule has 3 aromatic heterocycles. The van der Waals surface area contributed by atoms with E-state index in [1.807, 2.05) is 35.7 Å². The quantitative estimate of drug-likeness (QED) is 0.717. The molecular weight excluding hydrogens is 296 g/mol. The Balaban J connectivity index is 2.09. The van der Waals surface area contributed by atoms with Crippen molar-refractivity contribution < 1.29 is 9.53 Å². The van der Waals surface area contributed by atoms with Crippen molar-refractivity contribution in [1.82, 2.24) is 24.1 Å². The number of carbonyl (C=O) groups excluding carboxylic acids is 1. The second-order valence-corrected chi connectivity index (χ2v) is 5.19. The third-order valence-electron chi connectivity index (χ3n) is 3.54. The molecule has 0 saturated carbocycles. The number of fused-ring (bicyclic) bond motifs is 1. The van der Waals surface area contributed by atoms with Crippen molar-refractivity contribution in [3.8, 4) is 11.5 Å². The maximum absolute atomic E-state index is 11.1. The van der Waals surface area contributed by atoms with Crippen LogP contribution in [0.5, 0.6) is 0 Å². The fourth-order valence-electron chi connectivity index (χ4n) is 2.46. The van der Waals surface area contributed by atoms with E-state index >= 15 is 0 Å². The monoisotopic (exact) mass is 314 g/mol. The van der Waals surface area contributed by atoms with Crippen LogP contribution in [0.4, 0.5) is 0 Å². The number of hydrogen-bond acceptors (Lipinski definition) is 5. The molecule has 23 heavy (non-hydrogen) atoms. The maximum Gasteiger partial charge on any atom is 0.225 e. The lowest BCUT2D eigenvalue weighted by atomic mass is 10.3. The first-order valence-corrected chi connectivity index (χ1v) is 7.25. The van der Waals surface area contributed by atoms with Crippen LogP contribution < -0.4 is 5.73 Å². The third-order valence-corrected chi connectivity index (χ3v) is 3.54. The Morgan fingerprint density at radius 3 is 2.87 bits per heavy atom. The largest absolute Gasteiger partial charge is 0.383 e. The molecule has 8 nitrogen and oxygen atoms in total. The molecular formula is C15H18N6O2. The number of primary amides is 1. The molecule has 2 N–H and O–H groups in total. The highest BCUT2D eigenvalue weighted by molar-refractivity contribution is 5.75. The SMILES string of the molecule is COCCn1nc(CC(N)=O)nc1-c1nc2ccccn2c1C. The van der Waals surface area contributed by atoms with Crippen molar-refractivity contribution in [2.24, 2.45) is 5.73 Å². The first-order valence-electron chi connectivity index (χ1n) is 7.25. The fourth-order valence-corrected chi connectivity index (χ4v) is 2.46. The van der Waals surface area contributed by atoms with Gasteiger partial charge >= 0.3 is 0 Å². The van der Waals surface area contributed by atoms with Crippen molar-refractivity contribution in [3.63, 3.8) is 0 Å². The van der Waals surface area contributed by atoms with Crippen LogP contribution >= 0.6 is 0 Å². The Labute approximate surface area is 132 Å². The summed E-state index contributed by atoms with van der Waals surface area (Å²) in [6.07, 6.45) is 1.95. The molecule has 0 radical (unpaired) electrons. The number of rotatable bonds is 6. The Hall–Kier alpha value is -2.74. The Kier molecular flexibility index (Phi) is 4.07. The van der Waals surface area contributed by atoms with Gasteiger partial charge in [0.05, 0.1) is 25.3 Å². The van der Waals surface area contributed by atoms with Crippen LogP contribution in [-0.2, 0) is 22.5 Å². The summed E-state index contributed by atoms with van der Waals surface area (Å²) in [6, 6.07) is 5.80. The van der Waals surface area contributed by atoms with E-state index < -0.39 is 5.91 Å². The van der Waals surface area contributed by atoms with E-state index in [2.05, 4.69) is 15.1 Å². The lowest BCUT2D eigenvalue weighted by molar-refractivity contribution is -0.117. The molecule has 120 valence electrons. The lowest BCUT2D eigenvalue weighted by Gasteiger charge is -2.03. The van der Waals surface area contributed by atoms with Gasteiger partial charge in [0.25, 0.3) is 0 Å². The predicted molar refractivity (Wildman–Crippen MR) is 83.7 cm³/mol. The maximum atomic E-state index is 11.1. The Morgan fingerprint density at radius 1 is 1.35 bits per heavy atom. The lowest BCUT2D eigenvalue weighted by Crippen LogP contribution is -2.15. The van der Waals surface area contributed by atoms with Gasteiger partial charge in [-0.25, -0.2) is 14.6 Å². The number of hydrogen-bond donors (Lipinski definition) is 1. The number of aromatic nitrogens is 5. The van der Waals surface area contributed by atoms with Crippen LogP contribution in [0.25, 0.3) is 17.2 Å². The molecule has 8 heteroatoms. The summed E-state index contributed by atoms with van der Waals surface area (Å²) in [5.74, 6) is 0.534. The molecule has 0 aromatic carbocycles. The van der Waals surface area contributed by atoms with Gasteiger partial charge < -0.3 is 14.9 Å². The zero-order valence-corrected chi connectivity index (χ0v) is 13.1. The fraction of sp³-hybridized carbons (Fsp3) is 0.333. The molecule has 0 aliphatic rings. The molecule has 0 fully saturated rings. The highest BCUT2D eigenvalue weighted by atomic mass is 16.5. The third kappa shape index (κ3) is 2.93. The van der Waals surface area contributed by atoms with E-state index in [4.69, 9.17) is 10.5 Å². The normalized spacial score (nSPS) is 11.2. The van der Waals surface area contributed by atoms with E-state index in [1.54, 1.807) is 11.8 Å². The summed E-state index contributed by atoms with van der Waals surface area (Å²) >= 11 is 0. The highest BCUT2D eigenvalue weighted by Crippen LogP contribution is 2.22. The minimum Gasteiger partial charge on any atom is -0.383 e. The van der Waals surface area contributed by atoms with Crippen LogP contribution in [0.15, 0.2) is 24.4 Å². The molecule has 0 aliphatic carbocycles. The van der Waals surface area contributed by atoms with E-state index in [-0.39, 0.29) is 6.42 Å². The summed E-state index contributed by atoms with van der Waals surface area (Å²) in [6.45, 7) is 2.97. The molecule has 3 aromatic rings. The molecule has 0 atom stereocenters. The number of carbonyl (C=O) groups is 1.